The molecule has 0 saturated carbocycles. The number of carbonyl (C=O) groups is 1. The monoisotopic (exact) mass is 284 g/mol. The molecule has 0 spiro atoms. The number of ether oxygens (including phenoxy) is 1. The van der Waals surface area contributed by atoms with Gasteiger partial charge in [0.05, 0.1) is 7.11 Å². The number of aryl methyl sites for hydroxylation is 1. The summed E-state index contributed by atoms with van der Waals surface area (Å²) in [5.74, 6) is 0.493. The van der Waals surface area contributed by atoms with Crippen molar-refractivity contribution in [3.8, 4) is 5.75 Å². The second kappa shape index (κ2) is 6.31. The van der Waals surface area contributed by atoms with Gasteiger partial charge >= 0.3 is 0 Å². The van der Waals surface area contributed by atoms with E-state index in [4.69, 9.17) is 10.5 Å². The minimum atomic E-state index is -0.0892. The number of benzene rings is 2. The lowest BCUT2D eigenvalue weighted by molar-refractivity contribution is 0.0988. The maximum atomic E-state index is 12.7. The van der Waals surface area contributed by atoms with Crippen LogP contribution in [0.2, 0.25) is 0 Å². The van der Waals surface area contributed by atoms with Crippen LogP contribution in [0.15, 0.2) is 42.5 Å². The van der Waals surface area contributed by atoms with E-state index in [9.17, 15) is 4.79 Å². The molecule has 0 aliphatic carbocycles. The summed E-state index contributed by atoms with van der Waals surface area (Å²) in [5, 5.41) is 0. The van der Waals surface area contributed by atoms with E-state index in [1.165, 1.54) is 0 Å². The SMILES string of the molecule is CCN(C(=O)c1cc(N)cc(OC)c1)c1cccc(C)c1. The molecule has 4 nitrogen and oxygen atoms in total. The quantitative estimate of drug-likeness (QED) is 0.877. The van der Waals surface area contributed by atoms with Gasteiger partial charge in [-0.05, 0) is 43.7 Å². The van der Waals surface area contributed by atoms with Crippen LogP contribution in [-0.4, -0.2) is 19.6 Å². The third-order valence-electron chi connectivity index (χ3n) is 3.29. The first-order chi connectivity index (χ1) is 10.0. The molecule has 0 aliphatic heterocycles. The summed E-state index contributed by atoms with van der Waals surface area (Å²) in [6.07, 6.45) is 0. The van der Waals surface area contributed by atoms with Gasteiger partial charge < -0.3 is 15.4 Å². The fraction of sp³-hybridized carbons (Fsp3) is 0.235. The van der Waals surface area contributed by atoms with Crippen molar-refractivity contribution >= 4 is 17.3 Å². The zero-order chi connectivity index (χ0) is 15.4. The molecule has 2 aromatic rings. The van der Waals surface area contributed by atoms with E-state index in [0.29, 0.717) is 23.5 Å². The number of hydrogen-bond acceptors (Lipinski definition) is 3. The molecule has 1 amide bonds. The minimum Gasteiger partial charge on any atom is -0.497 e. The fourth-order valence-corrected chi connectivity index (χ4v) is 2.26. The smallest absolute Gasteiger partial charge is 0.258 e. The Morgan fingerprint density at radius 1 is 1.24 bits per heavy atom. The third kappa shape index (κ3) is 3.34. The zero-order valence-electron chi connectivity index (χ0n) is 12.6. The number of hydrogen-bond donors (Lipinski definition) is 1. The van der Waals surface area contributed by atoms with E-state index in [-0.39, 0.29) is 5.91 Å². The molecule has 0 atom stereocenters. The van der Waals surface area contributed by atoms with Gasteiger partial charge in [-0.1, -0.05) is 12.1 Å². The van der Waals surface area contributed by atoms with Gasteiger partial charge in [0.15, 0.2) is 0 Å². The Labute approximate surface area is 125 Å². The molecule has 4 heteroatoms. The van der Waals surface area contributed by atoms with Crippen molar-refractivity contribution in [3.63, 3.8) is 0 Å². The lowest BCUT2D eigenvalue weighted by Gasteiger charge is -2.22. The molecule has 0 aliphatic rings. The topological polar surface area (TPSA) is 55.6 Å². The molecule has 0 unspecified atom stereocenters. The minimum absolute atomic E-state index is 0.0892. The number of rotatable bonds is 4. The predicted molar refractivity (Wildman–Crippen MR) is 85.9 cm³/mol. The molecule has 2 aromatic carbocycles. The molecule has 110 valence electrons. The van der Waals surface area contributed by atoms with Crippen LogP contribution in [0.4, 0.5) is 11.4 Å². The standard InChI is InChI=1S/C17H20N2O2/c1-4-19(15-7-5-6-12(2)8-15)17(20)13-9-14(18)11-16(10-13)21-3/h5-11H,4,18H2,1-3H3. The molecule has 0 saturated heterocycles. The Balaban J connectivity index is 2.39. The Bertz CT molecular complexity index is 653. The number of anilines is 2. The highest BCUT2D eigenvalue weighted by molar-refractivity contribution is 6.06. The Kier molecular flexibility index (Phi) is 4.48. The molecule has 2 N–H and O–H groups in total. The molecule has 0 heterocycles. The molecule has 2 rings (SSSR count). The van der Waals surface area contributed by atoms with Gasteiger partial charge in [-0.25, -0.2) is 0 Å². The van der Waals surface area contributed by atoms with E-state index in [0.717, 1.165) is 11.3 Å². The fourth-order valence-electron chi connectivity index (χ4n) is 2.26. The molecule has 0 radical (unpaired) electrons. The van der Waals surface area contributed by atoms with Crippen molar-refractivity contribution < 1.29 is 9.53 Å². The first-order valence-electron chi connectivity index (χ1n) is 6.88. The van der Waals surface area contributed by atoms with Crippen molar-refractivity contribution in [2.24, 2.45) is 0 Å². The summed E-state index contributed by atoms with van der Waals surface area (Å²) in [7, 11) is 1.56. The number of nitrogens with zero attached hydrogens (tertiary/aromatic N) is 1. The van der Waals surface area contributed by atoms with E-state index in [2.05, 4.69) is 0 Å². The molecular formula is C17H20N2O2. The second-order valence-electron chi connectivity index (χ2n) is 4.88. The first kappa shape index (κ1) is 14.9. The highest BCUT2D eigenvalue weighted by atomic mass is 16.5. The van der Waals surface area contributed by atoms with E-state index >= 15 is 0 Å². The Morgan fingerprint density at radius 2 is 2.00 bits per heavy atom. The van der Waals surface area contributed by atoms with Gasteiger partial charge in [-0.2, -0.15) is 0 Å². The molecule has 0 fully saturated rings. The van der Waals surface area contributed by atoms with Crippen LogP contribution in [-0.2, 0) is 0 Å². The van der Waals surface area contributed by atoms with Gasteiger partial charge in [0.2, 0.25) is 0 Å². The van der Waals surface area contributed by atoms with Crippen LogP contribution in [0, 0.1) is 6.92 Å². The summed E-state index contributed by atoms with van der Waals surface area (Å²) >= 11 is 0. The van der Waals surface area contributed by atoms with Crippen LogP contribution in [0.3, 0.4) is 0 Å². The maximum Gasteiger partial charge on any atom is 0.258 e. The lowest BCUT2D eigenvalue weighted by atomic mass is 10.1. The van der Waals surface area contributed by atoms with Gasteiger partial charge in [-0.15, -0.1) is 0 Å². The summed E-state index contributed by atoms with van der Waals surface area (Å²) in [6, 6.07) is 12.9. The normalized spacial score (nSPS) is 10.2. The Morgan fingerprint density at radius 3 is 2.62 bits per heavy atom. The van der Waals surface area contributed by atoms with Gasteiger partial charge in [0.25, 0.3) is 5.91 Å². The van der Waals surface area contributed by atoms with Crippen molar-refractivity contribution in [2.75, 3.05) is 24.3 Å². The highest BCUT2D eigenvalue weighted by Gasteiger charge is 2.17. The number of carbonyl (C=O) groups excluding carboxylic acids is 1. The van der Waals surface area contributed by atoms with Crippen molar-refractivity contribution in [3.05, 3.63) is 53.6 Å². The number of nitrogens with two attached hydrogens (primary N) is 1. The summed E-state index contributed by atoms with van der Waals surface area (Å²) in [5.41, 5.74) is 8.86. The van der Waals surface area contributed by atoms with E-state index in [1.54, 1.807) is 30.2 Å². The maximum absolute atomic E-state index is 12.7. The van der Waals surface area contributed by atoms with Crippen LogP contribution in [0.1, 0.15) is 22.8 Å². The van der Waals surface area contributed by atoms with Crippen LogP contribution in [0.5, 0.6) is 5.75 Å². The number of methoxy groups -OCH3 is 1. The molecule has 21 heavy (non-hydrogen) atoms. The number of amides is 1. The van der Waals surface area contributed by atoms with Crippen LogP contribution in [0.25, 0.3) is 0 Å². The third-order valence-corrected chi connectivity index (χ3v) is 3.29. The Hall–Kier alpha value is -2.49. The average molecular weight is 284 g/mol. The van der Waals surface area contributed by atoms with Crippen molar-refractivity contribution in [1.29, 1.82) is 0 Å². The molecule has 0 aromatic heterocycles. The van der Waals surface area contributed by atoms with Gasteiger partial charge in [-0.3, -0.25) is 4.79 Å². The summed E-state index contributed by atoms with van der Waals surface area (Å²) in [6.45, 7) is 4.54. The van der Waals surface area contributed by atoms with Crippen molar-refractivity contribution in [2.45, 2.75) is 13.8 Å². The van der Waals surface area contributed by atoms with Crippen LogP contribution < -0.4 is 15.4 Å². The summed E-state index contributed by atoms with van der Waals surface area (Å²) < 4.78 is 5.17. The lowest BCUT2D eigenvalue weighted by Crippen LogP contribution is -2.30. The zero-order valence-corrected chi connectivity index (χ0v) is 12.6. The molecular weight excluding hydrogens is 264 g/mol. The van der Waals surface area contributed by atoms with Crippen LogP contribution >= 0.6 is 0 Å². The largest absolute Gasteiger partial charge is 0.497 e. The molecule has 0 bridgehead atoms. The van der Waals surface area contributed by atoms with E-state index in [1.807, 2.05) is 38.1 Å². The van der Waals surface area contributed by atoms with E-state index < -0.39 is 0 Å². The van der Waals surface area contributed by atoms with Gasteiger partial charge in [0.1, 0.15) is 5.75 Å². The predicted octanol–water partition coefficient (Wildman–Crippen LogP) is 3.25. The number of nitrogen functional groups attached to an aromatic ring is 1. The second-order valence-corrected chi connectivity index (χ2v) is 4.88. The highest BCUT2D eigenvalue weighted by Crippen LogP contribution is 2.23. The van der Waals surface area contributed by atoms with Crippen molar-refractivity contribution in [1.82, 2.24) is 0 Å². The van der Waals surface area contributed by atoms with Gasteiger partial charge in [0, 0.05) is 29.5 Å². The summed E-state index contributed by atoms with van der Waals surface area (Å²) in [4.78, 5) is 14.4. The first-order valence-corrected chi connectivity index (χ1v) is 6.88. The average Bonchev–Trinajstić information content (AvgIpc) is 2.47.